The van der Waals surface area contributed by atoms with Crippen molar-refractivity contribution in [2.45, 2.75) is 26.8 Å². The van der Waals surface area contributed by atoms with E-state index in [1.54, 1.807) is 6.20 Å². The first-order valence-electron chi connectivity index (χ1n) is 10.7. The number of nitrogens with one attached hydrogen (secondary N) is 4. The van der Waals surface area contributed by atoms with E-state index in [2.05, 4.69) is 38.0 Å². The number of rotatable bonds is 5. The minimum absolute atomic E-state index is 0. The van der Waals surface area contributed by atoms with Gasteiger partial charge in [0, 0.05) is 25.7 Å². The molecule has 3 heterocycles. The van der Waals surface area contributed by atoms with Crippen LogP contribution in [0.25, 0.3) is 22.3 Å². The molecule has 2 aromatic carbocycles. The minimum Gasteiger partial charge on any atom is -0.455 e. The van der Waals surface area contributed by atoms with E-state index >= 15 is 0 Å². The van der Waals surface area contributed by atoms with Crippen LogP contribution in [-0.2, 0) is 0 Å². The standard InChI is InChI=1S/C25H24N6O2.2H2/c1-14-12-18(16(3)27-20-10-7-11-26-21(20)25-28-30-31-29-25)24-19(13-14)22(32)15(2)23(33-24)17-8-5-4-6-9-17;;/h4-13,16,27,30-31H,1-3H3,(H,28,29);2*1H/t16-;;/m1../s1. The molecule has 0 aliphatic carbocycles. The topological polar surface area (TPSA) is 104 Å². The molecule has 0 spiro atoms. The van der Waals surface area contributed by atoms with Crippen molar-refractivity contribution in [1.82, 2.24) is 21.5 Å². The quantitative estimate of drug-likeness (QED) is 0.361. The van der Waals surface area contributed by atoms with Crippen LogP contribution in [0, 0.1) is 13.8 Å². The van der Waals surface area contributed by atoms with Gasteiger partial charge < -0.3 is 9.73 Å². The third kappa shape index (κ3) is 3.81. The molecule has 0 radical (unpaired) electrons. The Bertz CT molecular complexity index is 1440. The zero-order valence-electron chi connectivity index (χ0n) is 18.6. The Morgan fingerprint density at radius 1 is 1.09 bits per heavy atom. The van der Waals surface area contributed by atoms with Gasteiger partial charge in [-0.15, -0.1) is 10.6 Å². The maximum Gasteiger partial charge on any atom is 0.196 e. The van der Waals surface area contributed by atoms with E-state index in [9.17, 15) is 4.79 Å². The van der Waals surface area contributed by atoms with Gasteiger partial charge in [0.05, 0.1) is 17.1 Å². The molecule has 33 heavy (non-hydrogen) atoms. The number of amidine groups is 1. The fraction of sp³-hybridized carbons (Fsp3) is 0.160. The smallest absolute Gasteiger partial charge is 0.196 e. The summed E-state index contributed by atoms with van der Waals surface area (Å²) in [6.45, 7) is 5.84. The largest absolute Gasteiger partial charge is 0.455 e. The first kappa shape index (κ1) is 20.7. The van der Waals surface area contributed by atoms with Gasteiger partial charge in [0.25, 0.3) is 0 Å². The van der Waals surface area contributed by atoms with E-state index in [1.165, 1.54) is 0 Å². The molecule has 8 heteroatoms. The van der Waals surface area contributed by atoms with E-state index in [-0.39, 0.29) is 14.3 Å². The summed E-state index contributed by atoms with van der Waals surface area (Å²) >= 11 is 0. The number of pyridine rings is 1. The second-order valence-electron chi connectivity index (χ2n) is 8.07. The Morgan fingerprint density at radius 2 is 1.91 bits per heavy atom. The van der Waals surface area contributed by atoms with Crippen molar-refractivity contribution in [3.8, 4) is 11.3 Å². The highest BCUT2D eigenvalue weighted by atomic mass is 16.3. The molecule has 0 amide bonds. The molecule has 0 fully saturated rings. The molecule has 1 aliphatic rings. The highest BCUT2D eigenvalue weighted by Gasteiger charge is 2.21. The number of anilines is 1. The van der Waals surface area contributed by atoms with E-state index in [0.29, 0.717) is 33.8 Å². The SMILES string of the molecule is Cc1cc([C@@H](C)Nc2cccnc2C2=NNNN2)c2oc(-c3ccccc3)c(C)c(=O)c2c1.[HH].[HH]. The van der Waals surface area contributed by atoms with Crippen molar-refractivity contribution < 1.29 is 7.27 Å². The molecule has 0 saturated heterocycles. The molecule has 170 valence electrons. The number of hydrazone groups is 1. The minimum atomic E-state index is -0.173. The number of aryl methyl sites for hydroxylation is 1. The summed E-state index contributed by atoms with van der Waals surface area (Å²) in [6, 6.07) is 17.3. The van der Waals surface area contributed by atoms with E-state index in [4.69, 9.17) is 4.42 Å². The Hall–Kier alpha value is -4.17. The van der Waals surface area contributed by atoms with Crippen molar-refractivity contribution in [2.75, 3.05) is 5.32 Å². The van der Waals surface area contributed by atoms with Gasteiger partial charge >= 0.3 is 0 Å². The molecule has 8 nitrogen and oxygen atoms in total. The fourth-order valence-electron chi connectivity index (χ4n) is 4.09. The monoisotopic (exact) mass is 444 g/mol. The van der Waals surface area contributed by atoms with Crippen LogP contribution >= 0.6 is 0 Å². The summed E-state index contributed by atoms with van der Waals surface area (Å²) in [4.78, 5) is 17.8. The zero-order valence-corrected chi connectivity index (χ0v) is 18.6. The second kappa shape index (κ2) is 8.40. The molecule has 0 bridgehead atoms. The van der Waals surface area contributed by atoms with E-state index in [1.807, 2.05) is 69.3 Å². The van der Waals surface area contributed by atoms with Gasteiger partial charge in [-0.2, -0.15) is 0 Å². The Morgan fingerprint density at radius 3 is 2.67 bits per heavy atom. The molecule has 4 N–H and O–H groups in total. The van der Waals surface area contributed by atoms with Crippen molar-refractivity contribution >= 4 is 22.5 Å². The van der Waals surface area contributed by atoms with Gasteiger partial charge in [-0.1, -0.05) is 36.4 Å². The molecule has 1 atom stereocenters. The first-order valence-corrected chi connectivity index (χ1v) is 10.7. The van der Waals surface area contributed by atoms with Crippen LogP contribution in [0.2, 0.25) is 0 Å². The average molecular weight is 445 g/mol. The van der Waals surface area contributed by atoms with Crippen molar-refractivity contribution in [1.29, 1.82) is 0 Å². The third-order valence-electron chi connectivity index (χ3n) is 5.70. The molecule has 2 aromatic heterocycles. The maximum absolute atomic E-state index is 13.3. The zero-order chi connectivity index (χ0) is 22.9. The van der Waals surface area contributed by atoms with Gasteiger partial charge in [-0.05, 0) is 44.5 Å². The number of hydrogen-bond acceptors (Lipinski definition) is 8. The maximum atomic E-state index is 13.3. The Labute approximate surface area is 193 Å². The number of nitrogens with zero attached hydrogens (tertiary/aromatic N) is 2. The Kier molecular flexibility index (Phi) is 5.27. The lowest BCUT2D eigenvalue weighted by atomic mass is 9.98. The van der Waals surface area contributed by atoms with Crippen LogP contribution in [0.4, 0.5) is 5.69 Å². The number of aromatic nitrogens is 1. The number of hydrogen-bond donors (Lipinski definition) is 4. The van der Waals surface area contributed by atoms with Gasteiger partial charge in [-0.25, -0.2) is 5.53 Å². The normalized spacial score (nSPS) is 13.8. The summed E-state index contributed by atoms with van der Waals surface area (Å²) in [6.07, 6.45) is 1.71. The van der Waals surface area contributed by atoms with Crippen LogP contribution in [0.15, 0.2) is 75.1 Å². The lowest BCUT2D eigenvalue weighted by Crippen LogP contribution is -2.35. The lowest BCUT2D eigenvalue weighted by molar-refractivity contribution is 0.577. The predicted molar refractivity (Wildman–Crippen MR) is 134 cm³/mol. The van der Waals surface area contributed by atoms with Crippen LogP contribution in [0.3, 0.4) is 0 Å². The van der Waals surface area contributed by atoms with Crippen molar-refractivity contribution in [3.63, 3.8) is 0 Å². The van der Waals surface area contributed by atoms with Gasteiger partial charge in [0.1, 0.15) is 17.0 Å². The molecular weight excluding hydrogens is 416 g/mol. The van der Waals surface area contributed by atoms with Gasteiger partial charge in [0.15, 0.2) is 11.3 Å². The van der Waals surface area contributed by atoms with Crippen LogP contribution in [-0.4, -0.2) is 10.8 Å². The van der Waals surface area contributed by atoms with Crippen LogP contribution in [0.1, 0.15) is 38.2 Å². The lowest BCUT2D eigenvalue weighted by Gasteiger charge is -2.20. The number of fused-ring (bicyclic) bond motifs is 1. The van der Waals surface area contributed by atoms with Crippen LogP contribution < -0.4 is 27.2 Å². The highest BCUT2D eigenvalue weighted by Crippen LogP contribution is 2.32. The molecule has 0 unspecified atom stereocenters. The number of hydrazine groups is 2. The highest BCUT2D eigenvalue weighted by molar-refractivity contribution is 6.01. The van der Waals surface area contributed by atoms with E-state index in [0.717, 1.165) is 22.4 Å². The summed E-state index contributed by atoms with van der Waals surface area (Å²) in [5, 5.41) is 8.26. The fourth-order valence-corrected chi connectivity index (χ4v) is 4.09. The molecule has 1 aliphatic heterocycles. The van der Waals surface area contributed by atoms with E-state index < -0.39 is 0 Å². The van der Waals surface area contributed by atoms with Crippen molar-refractivity contribution in [3.05, 3.63) is 93.4 Å². The third-order valence-corrected chi connectivity index (χ3v) is 5.70. The summed E-state index contributed by atoms with van der Waals surface area (Å²) in [7, 11) is 0. The molecule has 0 saturated carbocycles. The van der Waals surface area contributed by atoms with Gasteiger partial charge in [0.2, 0.25) is 0 Å². The summed E-state index contributed by atoms with van der Waals surface area (Å²) in [5.41, 5.74) is 13.7. The molecular formula is C25H28N6O2. The number of benzene rings is 2. The average Bonchev–Trinajstić information content (AvgIpc) is 3.37. The first-order chi connectivity index (χ1) is 16.0. The second-order valence-corrected chi connectivity index (χ2v) is 8.07. The summed E-state index contributed by atoms with van der Waals surface area (Å²) in [5.74, 6) is 1.17. The summed E-state index contributed by atoms with van der Waals surface area (Å²) < 4.78 is 6.42. The van der Waals surface area contributed by atoms with Crippen LogP contribution in [0.5, 0.6) is 0 Å². The molecule has 4 aromatic rings. The predicted octanol–water partition coefficient (Wildman–Crippen LogP) is 4.41. The van der Waals surface area contributed by atoms with Crippen molar-refractivity contribution in [2.24, 2.45) is 5.10 Å². The molecule has 5 rings (SSSR count). The van der Waals surface area contributed by atoms with Gasteiger partial charge in [-0.3, -0.25) is 15.2 Å². The Balaban J connectivity index is 0.00000171.